The number of piperidine rings is 1. The van der Waals surface area contributed by atoms with E-state index in [0.29, 0.717) is 17.6 Å². The van der Waals surface area contributed by atoms with Crippen LogP contribution in [0.2, 0.25) is 5.02 Å². The Bertz CT molecular complexity index is 515. The molecule has 5 nitrogen and oxygen atoms in total. The first-order valence-electron chi connectivity index (χ1n) is 7.91. The number of nitrogens with one attached hydrogen (secondary N) is 1. The standard InChI is InChI=1S/C15H25ClN4O/c1-3-5-9-20-15(21)14(16)13(10-18-20)19-8-6-7-12(11-19)17-4-2/h10,12,17H,3-9,11H2,1-2H3. The van der Waals surface area contributed by atoms with Crippen molar-refractivity contribution in [3.05, 3.63) is 21.6 Å². The number of unbranched alkanes of at least 4 members (excludes halogenated alkanes) is 1. The zero-order valence-corrected chi connectivity index (χ0v) is 13.7. The first kappa shape index (κ1) is 16.3. The van der Waals surface area contributed by atoms with Gasteiger partial charge in [0.25, 0.3) is 5.56 Å². The molecule has 0 spiro atoms. The largest absolute Gasteiger partial charge is 0.367 e. The van der Waals surface area contributed by atoms with Crippen LogP contribution in [-0.2, 0) is 6.54 Å². The lowest BCUT2D eigenvalue weighted by molar-refractivity contribution is 0.430. The van der Waals surface area contributed by atoms with E-state index in [9.17, 15) is 4.79 Å². The first-order valence-corrected chi connectivity index (χ1v) is 8.29. The van der Waals surface area contributed by atoms with Crippen LogP contribution in [0.4, 0.5) is 5.69 Å². The maximum atomic E-state index is 12.3. The molecule has 1 aliphatic heterocycles. The Balaban J connectivity index is 2.16. The number of halogens is 1. The van der Waals surface area contributed by atoms with Crippen LogP contribution < -0.4 is 15.8 Å². The summed E-state index contributed by atoms with van der Waals surface area (Å²) >= 11 is 6.30. The van der Waals surface area contributed by atoms with Crippen molar-refractivity contribution >= 4 is 17.3 Å². The Morgan fingerprint density at radius 3 is 3.00 bits per heavy atom. The van der Waals surface area contributed by atoms with Gasteiger partial charge in [0.05, 0.1) is 11.9 Å². The van der Waals surface area contributed by atoms with Crippen molar-refractivity contribution in [3.63, 3.8) is 0 Å². The maximum absolute atomic E-state index is 12.3. The summed E-state index contributed by atoms with van der Waals surface area (Å²) in [5.74, 6) is 0. The molecule has 1 aromatic rings. The van der Waals surface area contributed by atoms with Crippen molar-refractivity contribution in [3.8, 4) is 0 Å². The van der Waals surface area contributed by atoms with Crippen LogP contribution in [0.15, 0.2) is 11.0 Å². The highest BCUT2D eigenvalue weighted by molar-refractivity contribution is 6.33. The van der Waals surface area contributed by atoms with Crippen LogP contribution >= 0.6 is 11.6 Å². The van der Waals surface area contributed by atoms with Crippen molar-refractivity contribution in [2.24, 2.45) is 0 Å². The summed E-state index contributed by atoms with van der Waals surface area (Å²) in [5, 5.41) is 8.05. The number of likely N-dealkylation sites (N-methyl/N-ethyl adjacent to an activating group) is 1. The quantitative estimate of drug-likeness (QED) is 0.875. The fourth-order valence-corrected chi connectivity index (χ4v) is 3.06. The molecule has 6 heteroatoms. The summed E-state index contributed by atoms with van der Waals surface area (Å²) in [6.07, 6.45) is 5.99. The Kier molecular flexibility index (Phi) is 6.06. The molecule has 0 aliphatic carbocycles. The molecule has 0 saturated carbocycles. The van der Waals surface area contributed by atoms with E-state index in [-0.39, 0.29) is 5.56 Å². The average Bonchev–Trinajstić information content (AvgIpc) is 2.49. The van der Waals surface area contributed by atoms with Gasteiger partial charge in [-0.25, -0.2) is 4.68 Å². The molecule has 1 N–H and O–H groups in total. The molecule has 0 amide bonds. The summed E-state index contributed by atoms with van der Waals surface area (Å²) in [6, 6.07) is 0.460. The van der Waals surface area contributed by atoms with E-state index in [1.807, 2.05) is 0 Å². The molecule has 2 rings (SSSR count). The monoisotopic (exact) mass is 312 g/mol. The first-order chi connectivity index (χ1) is 10.2. The number of rotatable bonds is 6. The van der Waals surface area contributed by atoms with Gasteiger partial charge in [0.15, 0.2) is 0 Å². The molecule has 1 fully saturated rings. The Labute approximate surface area is 131 Å². The normalized spacial score (nSPS) is 19.0. The van der Waals surface area contributed by atoms with E-state index in [1.54, 1.807) is 6.20 Å². The lowest BCUT2D eigenvalue weighted by Crippen LogP contribution is -2.46. The van der Waals surface area contributed by atoms with Gasteiger partial charge in [-0.3, -0.25) is 4.79 Å². The van der Waals surface area contributed by atoms with Crippen molar-refractivity contribution < 1.29 is 0 Å². The predicted molar refractivity (Wildman–Crippen MR) is 87.3 cm³/mol. The zero-order chi connectivity index (χ0) is 15.2. The molecule has 1 unspecified atom stereocenters. The average molecular weight is 313 g/mol. The Hall–Kier alpha value is -1.07. The van der Waals surface area contributed by atoms with Crippen LogP contribution in [0.1, 0.15) is 39.5 Å². The number of nitrogens with zero attached hydrogens (tertiary/aromatic N) is 3. The topological polar surface area (TPSA) is 50.2 Å². The smallest absolute Gasteiger partial charge is 0.287 e. The highest BCUT2D eigenvalue weighted by atomic mass is 35.5. The molecule has 1 atom stereocenters. The van der Waals surface area contributed by atoms with Crippen LogP contribution in [0.25, 0.3) is 0 Å². The van der Waals surface area contributed by atoms with Gasteiger partial charge in [-0.15, -0.1) is 0 Å². The minimum atomic E-state index is -0.173. The summed E-state index contributed by atoms with van der Waals surface area (Å²) in [4.78, 5) is 14.4. The van der Waals surface area contributed by atoms with Crippen LogP contribution in [-0.4, -0.2) is 35.5 Å². The third-order valence-corrected chi connectivity index (χ3v) is 4.30. The zero-order valence-electron chi connectivity index (χ0n) is 12.9. The summed E-state index contributed by atoms with van der Waals surface area (Å²) in [6.45, 7) is 7.62. The molecule has 0 radical (unpaired) electrons. The van der Waals surface area contributed by atoms with E-state index in [1.165, 1.54) is 11.1 Å². The number of aromatic nitrogens is 2. The van der Waals surface area contributed by atoms with Gasteiger partial charge in [-0.1, -0.05) is 31.9 Å². The lowest BCUT2D eigenvalue weighted by Gasteiger charge is -2.34. The van der Waals surface area contributed by atoms with Gasteiger partial charge in [0.2, 0.25) is 0 Å². The van der Waals surface area contributed by atoms with E-state index in [2.05, 4.69) is 29.2 Å². The predicted octanol–water partition coefficient (Wildman–Crippen LogP) is 2.28. The van der Waals surface area contributed by atoms with Crippen molar-refractivity contribution in [2.45, 2.75) is 52.1 Å². The molecule has 0 bridgehead atoms. The number of hydrogen-bond acceptors (Lipinski definition) is 4. The van der Waals surface area contributed by atoms with E-state index in [0.717, 1.165) is 44.6 Å². The molecular weight excluding hydrogens is 288 g/mol. The second-order valence-corrected chi connectivity index (χ2v) is 5.95. The van der Waals surface area contributed by atoms with Crippen LogP contribution in [0, 0.1) is 0 Å². The van der Waals surface area contributed by atoms with Gasteiger partial charge >= 0.3 is 0 Å². The summed E-state index contributed by atoms with van der Waals surface area (Å²) < 4.78 is 1.47. The third-order valence-electron chi connectivity index (χ3n) is 3.94. The number of aryl methyl sites for hydroxylation is 1. The van der Waals surface area contributed by atoms with Crippen molar-refractivity contribution in [2.75, 3.05) is 24.5 Å². The molecule has 1 aliphatic rings. The fourth-order valence-electron chi connectivity index (χ4n) is 2.80. The molecule has 1 saturated heterocycles. The molecule has 0 aromatic carbocycles. The highest BCUT2D eigenvalue weighted by Gasteiger charge is 2.22. The summed E-state index contributed by atoms with van der Waals surface area (Å²) in [5.41, 5.74) is 0.602. The lowest BCUT2D eigenvalue weighted by atomic mass is 10.1. The maximum Gasteiger partial charge on any atom is 0.287 e. The van der Waals surface area contributed by atoms with Crippen LogP contribution in [0.5, 0.6) is 0 Å². The molecule has 21 heavy (non-hydrogen) atoms. The van der Waals surface area contributed by atoms with Crippen molar-refractivity contribution in [1.29, 1.82) is 0 Å². The van der Waals surface area contributed by atoms with E-state index in [4.69, 9.17) is 11.6 Å². The van der Waals surface area contributed by atoms with Gasteiger partial charge in [-0.05, 0) is 25.8 Å². The van der Waals surface area contributed by atoms with Crippen molar-refractivity contribution in [1.82, 2.24) is 15.1 Å². The SMILES string of the molecule is CCCCn1ncc(N2CCCC(NCC)C2)c(Cl)c1=O. The Morgan fingerprint density at radius 1 is 1.48 bits per heavy atom. The number of hydrogen-bond donors (Lipinski definition) is 1. The minimum Gasteiger partial charge on any atom is -0.367 e. The Morgan fingerprint density at radius 2 is 2.29 bits per heavy atom. The van der Waals surface area contributed by atoms with Gasteiger partial charge in [-0.2, -0.15) is 5.10 Å². The second-order valence-electron chi connectivity index (χ2n) is 5.57. The fraction of sp³-hybridized carbons (Fsp3) is 0.733. The minimum absolute atomic E-state index is 0.173. The van der Waals surface area contributed by atoms with Gasteiger partial charge < -0.3 is 10.2 Å². The molecule has 1 aromatic heterocycles. The second kappa shape index (κ2) is 7.80. The van der Waals surface area contributed by atoms with Crippen LogP contribution in [0.3, 0.4) is 0 Å². The van der Waals surface area contributed by atoms with E-state index >= 15 is 0 Å². The van der Waals surface area contributed by atoms with Gasteiger partial charge in [0.1, 0.15) is 5.02 Å². The molecular formula is C15H25ClN4O. The van der Waals surface area contributed by atoms with Gasteiger partial charge in [0, 0.05) is 25.7 Å². The molecule has 118 valence electrons. The molecule has 2 heterocycles. The highest BCUT2D eigenvalue weighted by Crippen LogP contribution is 2.24. The number of anilines is 1. The van der Waals surface area contributed by atoms with E-state index < -0.39 is 0 Å². The summed E-state index contributed by atoms with van der Waals surface area (Å²) in [7, 11) is 0. The third kappa shape index (κ3) is 3.98.